The zero-order chi connectivity index (χ0) is 37.2. The number of fused-ring (bicyclic) bond motifs is 1. The molecule has 0 N–H and O–H groups in total. The maximum absolute atomic E-state index is 11.5. The molecule has 12 heteroatoms. The third-order valence-electron chi connectivity index (χ3n) is 6.39. The molecule has 0 amide bonds. The summed E-state index contributed by atoms with van der Waals surface area (Å²) in [4.78, 5) is 35.2. The molecule has 2 unspecified atom stereocenters. The van der Waals surface area contributed by atoms with E-state index in [0.29, 0.717) is 29.8 Å². The SMILES string of the molecule is C.C.C=C.C=CCC1OC(=O)C=C1N(CC=C)Cc1ccc(Cl)nc1.CC.CCC.ClCCl.O=C1C=C2C(CCCN2Cc2ccc(Cl)nc2)O1. The largest absolute Gasteiger partial charge is 0.453 e. The molecule has 5 heterocycles. The molecule has 0 spiro atoms. The van der Waals surface area contributed by atoms with Gasteiger partial charge < -0.3 is 19.3 Å². The van der Waals surface area contributed by atoms with E-state index >= 15 is 0 Å². The number of aromatic nitrogens is 2. The molecule has 286 valence electrons. The Morgan fingerprint density at radius 1 is 0.902 bits per heavy atom. The average molecular weight is 789 g/mol. The molecular weight excluding hydrogens is 730 g/mol. The van der Waals surface area contributed by atoms with E-state index in [1.807, 2.05) is 30.9 Å². The number of piperidine rings is 1. The number of ether oxygens (including phenoxy) is 2. The van der Waals surface area contributed by atoms with Gasteiger partial charge in [-0.25, -0.2) is 19.6 Å². The van der Waals surface area contributed by atoms with Crippen LogP contribution in [0.5, 0.6) is 0 Å². The van der Waals surface area contributed by atoms with Gasteiger partial charge in [0.15, 0.2) is 0 Å². The summed E-state index contributed by atoms with van der Waals surface area (Å²) < 4.78 is 10.5. The molecule has 2 aromatic rings. The van der Waals surface area contributed by atoms with Crippen LogP contribution in [0.2, 0.25) is 10.3 Å². The molecule has 5 rings (SSSR count). The van der Waals surface area contributed by atoms with Crippen LogP contribution in [0.1, 0.15) is 79.4 Å². The van der Waals surface area contributed by atoms with Crippen molar-refractivity contribution < 1.29 is 19.1 Å². The number of hydrogen-bond donors (Lipinski definition) is 0. The van der Waals surface area contributed by atoms with Gasteiger partial charge in [-0.1, -0.05) is 96.5 Å². The van der Waals surface area contributed by atoms with Crippen molar-refractivity contribution in [3.05, 3.63) is 120 Å². The predicted octanol–water partition coefficient (Wildman–Crippen LogP) is 11.2. The third-order valence-corrected chi connectivity index (χ3v) is 6.83. The maximum atomic E-state index is 11.5. The Kier molecular flexibility index (Phi) is 32.1. The molecule has 0 saturated carbocycles. The maximum Gasteiger partial charge on any atom is 0.333 e. The van der Waals surface area contributed by atoms with Crippen molar-refractivity contribution in [2.45, 2.75) is 93.5 Å². The minimum absolute atomic E-state index is 0. The van der Waals surface area contributed by atoms with Gasteiger partial charge in [-0.05, 0) is 36.1 Å². The number of likely N-dealkylation sites (tertiary alicyclic amines) is 1. The smallest absolute Gasteiger partial charge is 0.333 e. The topological polar surface area (TPSA) is 84.9 Å². The van der Waals surface area contributed by atoms with Gasteiger partial charge in [0, 0.05) is 57.1 Å². The van der Waals surface area contributed by atoms with Gasteiger partial charge in [0.2, 0.25) is 0 Å². The zero-order valence-corrected chi connectivity index (χ0v) is 32.1. The number of alkyl halides is 2. The Morgan fingerprint density at radius 2 is 1.43 bits per heavy atom. The molecule has 3 aliphatic heterocycles. The number of carbonyl (C=O) groups is 2. The van der Waals surface area contributed by atoms with Crippen molar-refractivity contribution in [2.24, 2.45) is 0 Å². The fraction of sp³-hybridized carbons (Fsp3) is 0.436. The molecule has 1 saturated heterocycles. The van der Waals surface area contributed by atoms with E-state index in [9.17, 15) is 9.59 Å². The Bertz CT molecular complexity index is 1320. The van der Waals surface area contributed by atoms with Crippen LogP contribution < -0.4 is 0 Å². The zero-order valence-electron chi connectivity index (χ0n) is 29.1. The van der Waals surface area contributed by atoms with Crippen LogP contribution in [0.4, 0.5) is 0 Å². The molecule has 1 fully saturated rings. The minimum Gasteiger partial charge on any atom is -0.453 e. The van der Waals surface area contributed by atoms with Gasteiger partial charge >= 0.3 is 11.9 Å². The number of pyridine rings is 2. The van der Waals surface area contributed by atoms with Gasteiger partial charge in [0.1, 0.15) is 22.5 Å². The normalized spacial score (nSPS) is 15.9. The molecule has 0 bridgehead atoms. The quantitative estimate of drug-likeness (QED) is 0.107. The second kappa shape index (κ2) is 31.4. The highest BCUT2D eigenvalue weighted by atomic mass is 35.5. The number of rotatable bonds is 9. The summed E-state index contributed by atoms with van der Waals surface area (Å²) in [7, 11) is 0. The van der Waals surface area contributed by atoms with Crippen LogP contribution in [-0.2, 0) is 32.2 Å². The second-order valence-electron chi connectivity index (χ2n) is 10.0. The summed E-state index contributed by atoms with van der Waals surface area (Å²) in [5, 5.41) is 1.14. The van der Waals surface area contributed by atoms with E-state index in [0.717, 1.165) is 48.5 Å². The lowest BCUT2D eigenvalue weighted by molar-refractivity contribution is -0.140. The summed E-state index contributed by atoms with van der Waals surface area (Å²) in [6, 6.07) is 7.39. The van der Waals surface area contributed by atoms with Crippen LogP contribution in [0, 0.1) is 0 Å². The fourth-order valence-electron chi connectivity index (χ4n) is 4.64. The Hall–Kier alpha value is -3.30. The monoisotopic (exact) mass is 786 g/mol. The van der Waals surface area contributed by atoms with E-state index in [-0.39, 0.29) is 44.3 Å². The third kappa shape index (κ3) is 19.8. The highest BCUT2D eigenvalue weighted by molar-refractivity contribution is 6.40. The van der Waals surface area contributed by atoms with E-state index in [4.69, 9.17) is 55.9 Å². The molecule has 0 aromatic carbocycles. The van der Waals surface area contributed by atoms with E-state index < -0.39 is 0 Å². The Morgan fingerprint density at radius 3 is 1.92 bits per heavy atom. The molecule has 51 heavy (non-hydrogen) atoms. The van der Waals surface area contributed by atoms with Crippen LogP contribution in [-0.4, -0.2) is 62.3 Å². The standard InChI is InChI=1S/C16H17ClN2O2.C13H13ClN2O2.C3H8.C2H6.C2H4.CH2Cl2.2CH4/c1-3-5-14-13(9-16(20)21-14)19(8-4-2)11-12-6-7-15(17)18-10-12;14-12-4-3-9(7-15-12)8-16-5-1-2-11-10(16)6-13(17)18-11;1-3-2;2*1-2;2-1-3;;/h3-4,6-7,9-10,14H,1-2,5,8,11H2;3-4,6-7,11H,1-2,5,8H2;3H2,1-2H3;1-2H3;1-2H2;1H2;2*1H4. The van der Waals surface area contributed by atoms with Crippen LogP contribution in [0.15, 0.2) is 98.7 Å². The van der Waals surface area contributed by atoms with E-state index in [1.165, 1.54) is 12.5 Å². The van der Waals surface area contributed by atoms with Gasteiger partial charge in [0.05, 0.1) is 16.7 Å². The Balaban J connectivity index is -0.000000703. The van der Waals surface area contributed by atoms with Gasteiger partial charge in [-0.15, -0.1) is 49.5 Å². The van der Waals surface area contributed by atoms with Gasteiger partial charge in [-0.2, -0.15) is 0 Å². The summed E-state index contributed by atoms with van der Waals surface area (Å²) in [5.41, 5.74) is 3.93. The van der Waals surface area contributed by atoms with Crippen molar-refractivity contribution in [2.75, 3.05) is 18.4 Å². The first-order valence-corrected chi connectivity index (χ1v) is 17.9. The average Bonchev–Trinajstić information content (AvgIpc) is 3.67. The predicted molar refractivity (Wildman–Crippen MR) is 218 cm³/mol. The van der Waals surface area contributed by atoms with Crippen molar-refractivity contribution in [3.63, 3.8) is 0 Å². The first-order chi connectivity index (χ1) is 23.7. The molecule has 3 aliphatic rings. The lowest BCUT2D eigenvalue weighted by atomic mass is 10.0. The van der Waals surface area contributed by atoms with Crippen molar-refractivity contribution in [1.82, 2.24) is 19.8 Å². The number of nitrogens with zero attached hydrogens (tertiary/aromatic N) is 4. The van der Waals surface area contributed by atoms with Crippen LogP contribution in [0.3, 0.4) is 0 Å². The summed E-state index contributed by atoms with van der Waals surface area (Å²) >= 11 is 21.1. The molecule has 2 atom stereocenters. The van der Waals surface area contributed by atoms with Crippen molar-refractivity contribution >= 4 is 58.3 Å². The van der Waals surface area contributed by atoms with E-state index in [2.05, 4.69) is 55.0 Å². The fourth-order valence-corrected chi connectivity index (χ4v) is 4.86. The molecule has 0 aliphatic carbocycles. The number of hydrogen-bond acceptors (Lipinski definition) is 8. The number of carbonyl (C=O) groups excluding carboxylic acids is 2. The highest BCUT2D eigenvalue weighted by Gasteiger charge is 2.33. The summed E-state index contributed by atoms with van der Waals surface area (Å²) in [6.45, 7) is 24.6. The summed E-state index contributed by atoms with van der Waals surface area (Å²) in [5.74, 6) is -0.545. The van der Waals surface area contributed by atoms with Gasteiger partial charge in [-0.3, -0.25) is 0 Å². The number of halogens is 4. The number of esters is 2. The van der Waals surface area contributed by atoms with Crippen LogP contribution >= 0.6 is 46.4 Å². The van der Waals surface area contributed by atoms with Crippen LogP contribution in [0.25, 0.3) is 0 Å². The minimum atomic E-state index is -0.319. The second-order valence-corrected chi connectivity index (χ2v) is 11.6. The molecular formula is C39H58Cl4N4O4. The van der Waals surface area contributed by atoms with Crippen molar-refractivity contribution in [3.8, 4) is 0 Å². The lowest BCUT2D eigenvalue weighted by Gasteiger charge is -2.33. The lowest BCUT2D eigenvalue weighted by Crippen LogP contribution is -2.34. The number of cyclic esters (lactones) is 1. The van der Waals surface area contributed by atoms with Gasteiger partial charge in [0.25, 0.3) is 0 Å². The van der Waals surface area contributed by atoms with E-state index in [1.54, 1.807) is 42.8 Å². The first-order valence-electron chi connectivity index (χ1n) is 16.1. The van der Waals surface area contributed by atoms with Crippen molar-refractivity contribution in [1.29, 1.82) is 0 Å². The first kappa shape index (κ1) is 52.1. The molecule has 0 radical (unpaired) electrons. The highest BCUT2D eigenvalue weighted by Crippen LogP contribution is 2.30. The molecule has 8 nitrogen and oxygen atoms in total. The molecule has 2 aromatic heterocycles. The summed E-state index contributed by atoms with van der Waals surface area (Å²) in [6.07, 6.45) is 13.6. The Labute approximate surface area is 327 Å².